The van der Waals surface area contributed by atoms with Crippen molar-refractivity contribution in [2.24, 2.45) is 0 Å². The molecule has 202 valence electrons. The summed E-state index contributed by atoms with van der Waals surface area (Å²) in [5, 5.41) is 4.69. The van der Waals surface area contributed by atoms with E-state index in [1.54, 1.807) is 0 Å². The number of pyridine rings is 2. The van der Waals surface area contributed by atoms with Gasteiger partial charge in [-0.1, -0.05) is 69.3 Å². The molecule has 4 heteroatoms. The van der Waals surface area contributed by atoms with E-state index >= 15 is 0 Å². The summed E-state index contributed by atoms with van der Waals surface area (Å²) in [6.07, 6.45) is 1.87. The average molecular weight is 552 g/mol. The molecule has 7 aromatic rings. The van der Waals surface area contributed by atoms with Crippen LogP contribution in [0.15, 0.2) is 103 Å². The van der Waals surface area contributed by atoms with Crippen LogP contribution in [0.1, 0.15) is 45.9 Å². The van der Waals surface area contributed by atoms with Gasteiger partial charge in [-0.05, 0) is 79.1 Å². The van der Waals surface area contributed by atoms with E-state index in [4.69, 9.17) is 22.6 Å². The molecule has 0 fully saturated rings. The number of rotatable bonds is 3. The summed E-state index contributed by atoms with van der Waals surface area (Å²) in [5.74, 6) is 0. The van der Waals surface area contributed by atoms with Gasteiger partial charge in [0.15, 0.2) is 0 Å². The molecule has 0 amide bonds. The van der Waals surface area contributed by atoms with E-state index in [1.165, 1.54) is 38.5 Å². The van der Waals surface area contributed by atoms with Gasteiger partial charge in [0.05, 0.1) is 22.1 Å². The second-order valence-electron chi connectivity index (χ2n) is 12.5. The molecule has 0 spiro atoms. The number of thiol groups is 1. The Labute approximate surface area is 246 Å². The normalized spacial score (nSPS) is 12.6. The van der Waals surface area contributed by atoms with E-state index in [0.717, 1.165) is 33.2 Å². The lowest BCUT2D eigenvalue weighted by Crippen LogP contribution is -2.13. The summed E-state index contributed by atoms with van der Waals surface area (Å²) in [6.45, 7) is 10.9. The van der Waals surface area contributed by atoms with Gasteiger partial charge in [0.25, 0.3) is 0 Å². The maximum absolute atomic E-state index is 5.09. The highest BCUT2D eigenvalue weighted by atomic mass is 32.1. The molecular weight excluding hydrogens is 518 g/mol. The van der Waals surface area contributed by atoms with Gasteiger partial charge in [0.2, 0.25) is 0 Å². The number of hydrogen-bond acceptors (Lipinski definition) is 3. The van der Waals surface area contributed by atoms with Crippen molar-refractivity contribution in [2.75, 3.05) is 0 Å². The van der Waals surface area contributed by atoms with Gasteiger partial charge in [-0.3, -0.25) is 4.98 Å². The van der Waals surface area contributed by atoms with E-state index in [9.17, 15) is 0 Å². The lowest BCUT2D eigenvalue weighted by Gasteiger charge is -2.19. The number of para-hydroxylation sites is 1. The first-order chi connectivity index (χ1) is 19.6. The highest BCUT2D eigenvalue weighted by molar-refractivity contribution is 7.81. The van der Waals surface area contributed by atoms with Gasteiger partial charge in [-0.15, -0.1) is 0 Å². The number of fused-ring (bicyclic) bond motifs is 6. The zero-order chi connectivity index (χ0) is 28.5. The fourth-order valence-electron chi connectivity index (χ4n) is 5.92. The standard InChI is InChI=1S/C37H33N3S/c1-36(2,3)33-18-16-24-21-29(28-13-9-19-38-35(28)34(24)39-33)23-15-17-32-30(20-23)27-12-6-7-14-31(27)40(32)26-11-8-10-25(22-26)37(4,5)41/h6-22,41H,1-5H3. The Kier molecular flexibility index (Phi) is 5.78. The van der Waals surface area contributed by atoms with Gasteiger partial charge < -0.3 is 4.57 Å². The zero-order valence-corrected chi connectivity index (χ0v) is 25.0. The number of aromatic nitrogens is 3. The summed E-state index contributed by atoms with van der Waals surface area (Å²) >= 11 is 4.85. The van der Waals surface area contributed by atoms with Gasteiger partial charge in [0.1, 0.15) is 0 Å². The van der Waals surface area contributed by atoms with Crippen molar-refractivity contribution in [1.82, 2.24) is 14.5 Å². The van der Waals surface area contributed by atoms with Crippen molar-refractivity contribution in [3.8, 4) is 16.8 Å². The highest BCUT2D eigenvalue weighted by Crippen LogP contribution is 2.39. The van der Waals surface area contributed by atoms with E-state index in [2.05, 4.69) is 130 Å². The quantitative estimate of drug-likeness (QED) is 0.175. The van der Waals surface area contributed by atoms with Gasteiger partial charge in [-0.25, -0.2) is 4.98 Å². The van der Waals surface area contributed by atoms with Crippen LogP contribution in [0.5, 0.6) is 0 Å². The molecule has 4 aromatic carbocycles. The fraction of sp³-hybridized carbons (Fsp3) is 0.189. The van der Waals surface area contributed by atoms with Crippen LogP contribution in [0.3, 0.4) is 0 Å². The van der Waals surface area contributed by atoms with Gasteiger partial charge in [0, 0.05) is 49.3 Å². The largest absolute Gasteiger partial charge is 0.309 e. The Morgan fingerprint density at radius 3 is 2.24 bits per heavy atom. The molecule has 0 radical (unpaired) electrons. The molecule has 0 N–H and O–H groups in total. The van der Waals surface area contributed by atoms with Crippen molar-refractivity contribution < 1.29 is 0 Å². The van der Waals surface area contributed by atoms with E-state index in [-0.39, 0.29) is 10.2 Å². The molecular formula is C37H33N3S. The molecule has 0 bridgehead atoms. The van der Waals surface area contributed by atoms with Crippen molar-refractivity contribution in [1.29, 1.82) is 0 Å². The average Bonchev–Trinajstić information content (AvgIpc) is 3.29. The molecule has 0 aliphatic carbocycles. The minimum Gasteiger partial charge on any atom is -0.309 e. The van der Waals surface area contributed by atoms with Crippen LogP contribution in [0, 0.1) is 0 Å². The number of hydrogen-bond donors (Lipinski definition) is 1. The van der Waals surface area contributed by atoms with Crippen LogP contribution in [0.2, 0.25) is 0 Å². The fourth-order valence-corrected chi connectivity index (χ4v) is 6.06. The minimum absolute atomic E-state index is 0.0324. The lowest BCUT2D eigenvalue weighted by atomic mass is 9.90. The predicted molar refractivity (Wildman–Crippen MR) is 178 cm³/mol. The van der Waals surface area contributed by atoms with Crippen molar-refractivity contribution in [3.05, 3.63) is 115 Å². The Bertz CT molecular complexity index is 2120. The van der Waals surface area contributed by atoms with Gasteiger partial charge >= 0.3 is 0 Å². The second-order valence-corrected chi connectivity index (χ2v) is 13.7. The first-order valence-electron chi connectivity index (χ1n) is 14.2. The molecule has 3 nitrogen and oxygen atoms in total. The zero-order valence-electron chi connectivity index (χ0n) is 24.1. The second kappa shape index (κ2) is 9.19. The Hall–Kier alpha value is -4.15. The van der Waals surface area contributed by atoms with Crippen molar-refractivity contribution >= 4 is 56.2 Å². The first-order valence-corrected chi connectivity index (χ1v) is 14.6. The molecule has 0 saturated heterocycles. The van der Waals surface area contributed by atoms with E-state index in [1.807, 2.05) is 12.3 Å². The molecule has 0 saturated carbocycles. The van der Waals surface area contributed by atoms with Crippen molar-refractivity contribution in [3.63, 3.8) is 0 Å². The number of nitrogens with zero attached hydrogens (tertiary/aromatic N) is 3. The molecule has 7 rings (SSSR count). The smallest absolute Gasteiger partial charge is 0.0970 e. The summed E-state index contributed by atoms with van der Waals surface area (Å²) in [6, 6.07) is 35.1. The summed E-state index contributed by atoms with van der Waals surface area (Å²) in [5.41, 5.74) is 10.00. The molecule has 0 unspecified atom stereocenters. The van der Waals surface area contributed by atoms with Crippen molar-refractivity contribution in [2.45, 2.75) is 44.8 Å². The Morgan fingerprint density at radius 2 is 1.44 bits per heavy atom. The maximum atomic E-state index is 5.09. The third kappa shape index (κ3) is 4.29. The van der Waals surface area contributed by atoms with Crippen LogP contribution in [0.4, 0.5) is 0 Å². The van der Waals surface area contributed by atoms with Crippen LogP contribution in [0.25, 0.3) is 60.4 Å². The van der Waals surface area contributed by atoms with Crippen LogP contribution in [-0.4, -0.2) is 14.5 Å². The first kappa shape index (κ1) is 25.8. The van der Waals surface area contributed by atoms with Crippen LogP contribution >= 0.6 is 12.6 Å². The monoisotopic (exact) mass is 551 g/mol. The lowest BCUT2D eigenvalue weighted by molar-refractivity contribution is 0.571. The third-order valence-electron chi connectivity index (χ3n) is 8.11. The van der Waals surface area contributed by atoms with Crippen LogP contribution in [-0.2, 0) is 10.2 Å². The molecule has 41 heavy (non-hydrogen) atoms. The molecule has 0 aliphatic rings. The maximum Gasteiger partial charge on any atom is 0.0970 e. The highest BCUT2D eigenvalue weighted by Gasteiger charge is 2.20. The number of benzene rings is 4. The predicted octanol–water partition coefficient (Wildman–Crippen LogP) is 10.0. The topological polar surface area (TPSA) is 30.7 Å². The Morgan fingerprint density at radius 1 is 0.659 bits per heavy atom. The van der Waals surface area contributed by atoms with E-state index < -0.39 is 0 Å². The SMILES string of the molecule is CC(C)(C)c1ccc2cc(-c3ccc4c(c3)c3ccccc3n4-c3cccc(C(C)(C)S)c3)c3cccnc3c2n1. The van der Waals surface area contributed by atoms with Crippen LogP contribution < -0.4 is 0 Å². The summed E-state index contributed by atoms with van der Waals surface area (Å²) in [4.78, 5) is 9.92. The van der Waals surface area contributed by atoms with Gasteiger partial charge in [-0.2, -0.15) is 12.6 Å². The third-order valence-corrected chi connectivity index (χ3v) is 8.37. The molecule has 0 aliphatic heterocycles. The summed E-state index contributed by atoms with van der Waals surface area (Å²) < 4.78 is 2.14. The molecule has 3 heterocycles. The minimum atomic E-state index is -0.227. The molecule has 0 atom stereocenters. The molecule has 3 aromatic heterocycles. The summed E-state index contributed by atoms with van der Waals surface area (Å²) in [7, 11) is 0. The van der Waals surface area contributed by atoms with E-state index in [0.29, 0.717) is 0 Å². The Balaban J connectivity index is 1.48.